The number of non-ortho nitro benzene ring substituents is 1. The number of ether oxygens (including phenoxy) is 1. The lowest BCUT2D eigenvalue weighted by atomic mass is 10.2. The topological polar surface area (TPSA) is 67.6 Å². The summed E-state index contributed by atoms with van der Waals surface area (Å²) in [5.41, 5.74) is 1.15. The Morgan fingerprint density at radius 3 is 2.64 bits per heavy atom. The predicted molar refractivity (Wildman–Crippen MR) is 100.0 cm³/mol. The Balaban J connectivity index is 1.41. The molecule has 25 heavy (non-hydrogen) atoms. The van der Waals surface area contributed by atoms with Crippen LogP contribution in [0.25, 0.3) is 10.4 Å². The van der Waals surface area contributed by atoms with E-state index in [2.05, 4.69) is 22.3 Å². The van der Waals surface area contributed by atoms with Gasteiger partial charge in [0.1, 0.15) is 0 Å². The van der Waals surface area contributed by atoms with Gasteiger partial charge in [-0.3, -0.25) is 15.0 Å². The highest BCUT2D eigenvalue weighted by molar-refractivity contribution is 7.15. The normalized spacial score (nSPS) is 15.4. The lowest BCUT2D eigenvalue weighted by molar-refractivity contribution is -0.384. The molecule has 0 saturated carbocycles. The van der Waals surface area contributed by atoms with E-state index in [1.54, 1.807) is 23.5 Å². The highest BCUT2D eigenvalue weighted by atomic mass is 32.1. The Morgan fingerprint density at radius 1 is 1.16 bits per heavy atom. The molecule has 0 bridgehead atoms. The van der Waals surface area contributed by atoms with Crippen LogP contribution in [0.2, 0.25) is 0 Å². The predicted octanol–water partition coefficient (Wildman–Crippen LogP) is 3.14. The van der Waals surface area contributed by atoms with Gasteiger partial charge in [-0.15, -0.1) is 11.3 Å². The molecule has 0 atom stereocenters. The highest BCUT2D eigenvalue weighted by Gasteiger charge is 2.09. The number of rotatable bonds is 8. The average molecular weight is 361 g/mol. The second kappa shape index (κ2) is 9.05. The molecule has 2 heterocycles. The number of nitro benzene ring substituents is 1. The van der Waals surface area contributed by atoms with Crippen molar-refractivity contribution < 1.29 is 9.66 Å². The number of morpholine rings is 1. The van der Waals surface area contributed by atoms with Crippen LogP contribution in [-0.2, 0) is 11.3 Å². The number of hydrogen-bond donors (Lipinski definition) is 1. The van der Waals surface area contributed by atoms with E-state index in [4.69, 9.17) is 4.74 Å². The maximum atomic E-state index is 10.7. The molecule has 1 saturated heterocycles. The monoisotopic (exact) mass is 361 g/mol. The van der Waals surface area contributed by atoms with Crippen LogP contribution in [0.1, 0.15) is 11.3 Å². The third kappa shape index (κ3) is 5.34. The first-order chi connectivity index (χ1) is 12.2. The van der Waals surface area contributed by atoms with Crippen LogP contribution in [0.5, 0.6) is 0 Å². The molecule has 7 heteroatoms. The minimum atomic E-state index is -0.371. The van der Waals surface area contributed by atoms with Crippen molar-refractivity contribution in [2.75, 3.05) is 39.4 Å². The van der Waals surface area contributed by atoms with Gasteiger partial charge >= 0.3 is 0 Å². The Kier molecular flexibility index (Phi) is 6.52. The van der Waals surface area contributed by atoms with Gasteiger partial charge in [0.2, 0.25) is 0 Å². The smallest absolute Gasteiger partial charge is 0.269 e. The molecule has 1 aromatic carbocycles. The molecule has 6 nitrogen and oxygen atoms in total. The SMILES string of the molecule is O=[N+]([O-])c1ccc(-c2ccc(CNCCCN3CCOCC3)s2)cc1. The molecule has 1 aliphatic heterocycles. The zero-order valence-corrected chi connectivity index (χ0v) is 15.0. The van der Waals surface area contributed by atoms with Crippen molar-refractivity contribution in [2.45, 2.75) is 13.0 Å². The molecule has 1 aliphatic rings. The van der Waals surface area contributed by atoms with Crippen molar-refractivity contribution in [2.24, 2.45) is 0 Å². The highest BCUT2D eigenvalue weighted by Crippen LogP contribution is 2.29. The molecule has 1 fully saturated rings. The number of nitrogens with zero attached hydrogens (tertiary/aromatic N) is 2. The second-order valence-corrected chi connectivity index (χ2v) is 7.22. The summed E-state index contributed by atoms with van der Waals surface area (Å²) in [7, 11) is 0. The Hall–Kier alpha value is -1.80. The molecule has 0 unspecified atom stereocenters. The molecule has 0 radical (unpaired) electrons. The van der Waals surface area contributed by atoms with Crippen molar-refractivity contribution in [3.05, 3.63) is 51.4 Å². The van der Waals surface area contributed by atoms with Gasteiger partial charge in [0, 0.05) is 41.5 Å². The van der Waals surface area contributed by atoms with E-state index in [-0.39, 0.29) is 10.6 Å². The van der Waals surface area contributed by atoms with Crippen LogP contribution < -0.4 is 5.32 Å². The van der Waals surface area contributed by atoms with Crippen molar-refractivity contribution >= 4 is 17.0 Å². The Labute approximate surface area is 151 Å². The van der Waals surface area contributed by atoms with E-state index in [0.29, 0.717) is 0 Å². The van der Waals surface area contributed by atoms with Gasteiger partial charge in [0.25, 0.3) is 5.69 Å². The zero-order chi connectivity index (χ0) is 17.5. The third-order valence-electron chi connectivity index (χ3n) is 4.26. The van der Waals surface area contributed by atoms with Crippen molar-refractivity contribution in [1.29, 1.82) is 0 Å². The molecule has 0 spiro atoms. The van der Waals surface area contributed by atoms with E-state index in [0.717, 1.165) is 62.8 Å². The fourth-order valence-electron chi connectivity index (χ4n) is 2.84. The summed E-state index contributed by atoms with van der Waals surface area (Å²) in [5, 5.41) is 14.2. The largest absolute Gasteiger partial charge is 0.379 e. The summed E-state index contributed by atoms with van der Waals surface area (Å²) in [6.07, 6.45) is 1.14. The van der Waals surface area contributed by atoms with E-state index in [9.17, 15) is 10.1 Å². The lowest BCUT2D eigenvalue weighted by Gasteiger charge is -2.26. The molecule has 2 aromatic rings. The summed E-state index contributed by atoms with van der Waals surface area (Å²) < 4.78 is 5.35. The third-order valence-corrected chi connectivity index (χ3v) is 5.39. The standard InChI is InChI=1S/C18H23N3O3S/c22-21(23)16-4-2-15(3-5-16)18-7-6-17(25-18)14-19-8-1-9-20-10-12-24-13-11-20/h2-7,19H,1,8-14H2. The van der Waals surface area contributed by atoms with Crippen molar-refractivity contribution in [3.8, 4) is 10.4 Å². The average Bonchev–Trinajstić information content (AvgIpc) is 3.11. The van der Waals surface area contributed by atoms with Gasteiger partial charge in [-0.25, -0.2) is 0 Å². The molecule has 0 aliphatic carbocycles. The summed E-state index contributed by atoms with van der Waals surface area (Å²) in [6.45, 7) is 6.78. The van der Waals surface area contributed by atoms with Crippen LogP contribution in [0, 0.1) is 10.1 Å². The molecule has 134 valence electrons. The quantitative estimate of drug-likeness (QED) is 0.444. The number of nitrogens with one attached hydrogen (secondary N) is 1. The van der Waals surface area contributed by atoms with E-state index < -0.39 is 0 Å². The molecular weight excluding hydrogens is 338 g/mol. The minimum Gasteiger partial charge on any atom is -0.379 e. The summed E-state index contributed by atoms with van der Waals surface area (Å²) in [5.74, 6) is 0. The molecule has 1 aromatic heterocycles. The molecule has 3 rings (SSSR count). The van der Waals surface area contributed by atoms with Gasteiger partial charge in [0.15, 0.2) is 0 Å². The van der Waals surface area contributed by atoms with E-state index in [1.165, 1.54) is 4.88 Å². The maximum absolute atomic E-state index is 10.7. The minimum absolute atomic E-state index is 0.127. The Bertz CT molecular complexity index is 681. The summed E-state index contributed by atoms with van der Waals surface area (Å²) in [6, 6.07) is 10.9. The first-order valence-electron chi connectivity index (χ1n) is 8.57. The first kappa shape index (κ1) is 18.0. The van der Waals surface area contributed by atoms with Gasteiger partial charge < -0.3 is 10.1 Å². The van der Waals surface area contributed by atoms with Crippen LogP contribution in [-0.4, -0.2) is 49.2 Å². The summed E-state index contributed by atoms with van der Waals surface area (Å²) >= 11 is 1.73. The van der Waals surface area contributed by atoms with E-state index >= 15 is 0 Å². The Morgan fingerprint density at radius 2 is 1.92 bits per heavy atom. The molecular formula is C18H23N3O3S. The lowest BCUT2D eigenvalue weighted by Crippen LogP contribution is -2.37. The molecule has 0 amide bonds. The fraction of sp³-hybridized carbons (Fsp3) is 0.444. The fourth-order valence-corrected chi connectivity index (χ4v) is 3.82. The van der Waals surface area contributed by atoms with Crippen molar-refractivity contribution in [1.82, 2.24) is 10.2 Å². The van der Waals surface area contributed by atoms with E-state index in [1.807, 2.05) is 12.1 Å². The number of benzene rings is 1. The van der Waals surface area contributed by atoms with Gasteiger partial charge in [0.05, 0.1) is 18.1 Å². The van der Waals surface area contributed by atoms with Crippen LogP contribution in [0.4, 0.5) is 5.69 Å². The van der Waals surface area contributed by atoms with Crippen molar-refractivity contribution in [3.63, 3.8) is 0 Å². The van der Waals surface area contributed by atoms with Gasteiger partial charge in [-0.1, -0.05) is 0 Å². The van der Waals surface area contributed by atoms with Crippen LogP contribution in [0.3, 0.4) is 0 Å². The molecule has 1 N–H and O–H groups in total. The maximum Gasteiger partial charge on any atom is 0.269 e. The second-order valence-electron chi connectivity index (χ2n) is 6.05. The van der Waals surface area contributed by atoms with Crippen LogP contribution >= 0.6 is 11.3 Å². The first-order valence-corrected chi connectivity index (χ1v) is 9.38. The zero-order valence-electron chi connectivity index (χ0n) is 14.1. The number of thiophene rings is 1. The van der Waals surface area contributed by atoms with Crippen LogP contribution in [0.15, 0.2) is 36.4 Å². The van der Waals surface area contributed by atoms with Gasteiger partial charge in [-0.05, 0) is 49.3 Å². The number of hydrogen-bond acceptors (Lipinski definition) is 6. The summed E-state index contributed by atoms with van der Waals surface area (Å²) in [4.78, 5) is 15.2. The number of nitro groups is 1. The van der Waals surface area contributed by atoms with Gasteiger partial charge in [-0.2, -0.15) is 0 Å².